The number of halogens is 5. The molecule has 0 radical (unpaired) electrons. The zero-order valence-corrected chi connectivity index (χ0v) is 23.0. The van der Waals surface area contributed by atoms with Crippen molar-refractivity contribution in [3.63, 3.8) is 0 Å². The van der Waals surface area contributed by atoms with Crippen molar-refractivity contribution in [2.75, 3.05) is 4.90 Å². The molecule has 3 aromatic rings. The minimum absolute atomic E-state index is 0.131. The van der Waals surface area contributed by atoms with Crippen LogP contribution in [0.15, 0.2) is 58.6 Å². The van der Waals surface area contributed by atoms with E-state index in [9.17, 15) is 14.4 Å². The number of amides is 4. The summed E-state index contributed by atoms with van der Waals surface area (Å²) in [5.41, 5.74) is 1.89. The fraction of sp³-hybridized carbons (Fsp3) is 0.0800. The highest BCUT2D eigenvalue weighted by molar-refractivity contribution is 9.10. The van der Waals surface area contributed by atoms with Crippen LogP contribution in [0.1, 0.15) is 16.7 Å². The highest BCUT2D eigenvalue weighted by Crippen LogP contribution is 2.37. The third-order valence-electron chi connectivity index (χ3n) is 5.23. The second kappa shape index (κ2) is 10.8. The minimum atomic E-state index is -0.870. The predicted octanol–water partition coefficient (Wildman–Crippen LogP) is 7.62. The number of urea groups is 1. The van der Waals surface area contributed by atoms with Crippen molar-refractivity contribution in [1.29, 1.82) is 0 Å². The molecule has 11 heteroatoms. The Morgan fingerprint density at radius 2 is 1.69 bits per heavy atom. The van der Waals surface area contributed by atoms with Gasteiger partial charge in [-0.3, -0.25) is 14.9 Å². The molecule has 4 rings (SSSR count). The zero-order chi connectivity index (χ0) is 26.1. The first-order valence-electron chi connectivity index (χ1n) is 10.3. The van der Waals surface area contributed by atoms with Crippen LogP contribution in [0.3, 0.4) is 0 Å². The molecule has 36 heavy (non-hydrogen) atoms. The number of hydrogen-bond donors (Lipinski definition) is 1. The lowest BCUT2D eigenvalue weighted by Crippen LogP contribution is -2.54. The maximum absolute atomic E-state index is 13.1. The van der Waals surface area contributed by atoms with Crippen molar-refractivity contribution in [2.24, 2.45) is 0 Å². The third kappa shape index (κ3) is 5.56. The molecule has 1 aliphatic heterocycles. The zero-order valence-electron chi connectivity index (χ0n) is 18.4. The van der Waals surface area contributed by atoms with Crippen LogP contribution in [-0.4, -0.2) is 17.8 Å². The number of ether oxygens (including phenoxy) is 1. The number of carbonyl (C=O) groups excluding carboxylic acids is 3. The lowest BCUT2D eigenvalue weighted by Gasteiger charge is -2.26. The lowest BCUT2D eigenvalue weighted by molar-refractivity contribution is -0.122. The number of carbonyl (C=O) groups is 3. The van der Waals surface area contributed by atoms with Gasteiger partial charge in [0, 0.05) is 20.6 Å². The van der Waals surface area contributed by atoms with Crippen molar-refractivity contribution < 1.29 is 19.1 Å². The van der Waals surface area contributed by atoms with Crippen LogP contribution in [0.5, 0.6) is 5.75 Å². The summed E-state index contributed by atoms with van der Waals surface area (Å²) < 4.78 is 6.31. The van der Waals surface area contributed by atoms with E-state index in [-0.39, 0.29) is 22.9 Å². The van der Waals surface area contributed by atoms with Gasteiger partial charge in [0.15, 0.2) is 5.75 Å². The van der Waals surface area contributed by atoms with Crippen LogP contribution < -0.4 is 15.0 Å². The van der Waals surface area contributed by atoms with E-state index in [2.05, 4.69) is 21.2 Å². The van der Waals surface area contributed by atoms with Gasteiger partial charge in [-0.15, -0.1) is 0 Å². The van der Waals surface area contributed by atoms with E-state index in [0.717, 1.165) is 10.5 Å². The van der Waals surface area contributed by atoms with E-state index in [4.69, 9.17) is 51.1 Å². The maximum Gasteiger partial charge on any atom is 0.335 e. The van der Waals surface area contributed by atoms with Crippen molar-refractivity contribution in [3.8, 4) is 5.75 Å². The number of nitrogens with zero attached hydrogens (tertiary/aromatic N) is 1. The molecule has 0 saturated carbocycles. The maximum atomic E-state index is 13.1. The fourth-order valence-corrected chi connectivity index (χ4v) is 5.00. The van der Waals surface area contributed by atoms with Crippen LogP contribution in [0.25, 0.3) is 6.08 Å². The molecular formula is C25H15BrCl4N2O4. The van der Waals surface area contributed by atoms with Crippen LogP contribution >= 0.6 is 62.3 Å². The van der Waals surface area contributed by atoms with Gasteiger partial charge < -0.3 is 4.74 Å². The number of aryl methyl sites for hydroxylation is 1. The van der Waals surface area contributed by atoms with E-state index >= 15 is 0 Å². The highest BCUT2D eigenvalue weighted by Gasteiger charge is 2.37. The Morgan fingerprint density at radius 3 is 2.36 bits per heavy atom. The van der Waals surface area contributed by atoms with Gasteiger partial charge in [0.05, 0.1) is 15.2 Å². The molecule has 6 nitrogen and oxygen atoms in total. The second-order valence-corrected chi connectivity index (χ2v) is 10.2. The van der Waals surface area contributed by atoms with Crippen molar-refractivity contribution in [3.05, 3.63) is 95.4 Å². The van der Waals surface area contributed by atoms with Crippen LogP contribution in [0, 0.1) is 6.92 Å². The largest absolute Gasteiger partial charge is 0.486 e. The summed E-state index contributed by atoms with van der Waals surface area (Å²) in [6, 6.07) is 12.1. The number of anilines is 1. The monoisotopic (exact) mass is 626 g/mol. The Kier molecular flexibility index (Phi) is 7.97. The van der Waals surface area contributed by atoms with E-state index < -0.39 is 17.8 Å². The van der Waals surface area contributed by atoms with Crippen molar-refractivity contribution >= 4 is 91.9 Å². The van der Waals surface area contributed by atoms with Crippen molar-refractivity contribution in [1.82, 2.24) is 5.32 Å². The Balaban J connectivity index is 1.61. The summed E-state index contributed by atoms with van der Waals surface area (Å²) in [4.78, 5) is 38.9. The molecule has 4 amide bonds. The van der Waals surface area contributed by atoms with E-state index in [0.29, 0.717) is 36.4 Å². The summed E-state index contributed by atoms with van der Waals surface area (Å²) in [7, 11) is 0. The van der Waals surface area contributed by atoms with Gasteiger partial charge >= 0.3 is 6.03 Å². The molecule has 0 spiro atoms. The number of nitrogens with one attached hydrogen (secondary N) is 1. The molecule has 1 N–H and O–H groups in total. The summed E-state index contributed by atoms with van der Waals surface area (Å²) in [5, 5.41) is 3.74. The predicted molar refractivity (Wildman–Crippen MR) is 145 cm³/mol. The normalized spacial score (nSPS) is 14.9. The van der Waals surface area contributed by atoms with Gasteiger partial charge in [-0.2, -0.15) is 0 Å². The van der Waals surface area contributed by atoms with Crippen LogP contribution in [0.2, 0.25) is 20.1 Å². The Labute approximate surface area is 234 Å². The molecule has 0 aliphatic carbocycles. The van der Waals surface area contributed by atoms with E-state index in [1.165, 1.54) is 18.2 Å². The van der Waals surface area contributed by atoms with E-state index in [1.807, 2.05) is 0 Å². The molecule has 1 aliphatic rings. The first kappa shape index (κ1) is 26.5. The van der Waals surface area contributed by atoms with Gasteiger partial charge in [-0.25, -0.2) is 9.69 Å². The van der Waals surface area contributed by atoms with Crippen LogP contribution in [-0.2, 0) is 16.2 Å². The number of hydrogen-bond acceptors (Lipinski definition) is 4. The molecule has 0 aromatic heterocycles. The quantitative estimate of drug-likeness (QED) is 0.233. The molecular weight excluding hydrogens is 614 g/mol. The average Bonchev–Trinajstić information content (AvgIpc) is 2.79. The van der Waals surface area contributed by atoms with Gasteiger partial charge in [-0.05, 0) is 76.5 Å². The summed E-state index contributed by atoms with van der Waals surface area (Å²) >= 11 is 28.1. The molecule has 0 atom stereocenters. The standard InChI is InChI=1S/C25H15BrCl4N2O4/c1-12-2-5-16(10-19(12)28)32-24(34)17(23(33)31-25(32)35)6-13-7-18(26)22(21(30)8-13)36-11-14-3-4-15(27)9-20(14)29/h2-10H,11H2,1H3,(H,31,33,35)/b17-6-. The van der Waals surface area contributed by atoms with Gasteiger partial charge in [-0.1, -0.05) is 58.5 Å². The minimum Gasteiger partial charge on any atom is -0.486 e. The van der Waals surface area contributed by atoms with Crippen molar-refractivity contribution in [2.45, 2.75) is 13.5 Å². The SMILES string of the molecule is Cc1ccc(N2C(=O)NC(=O)/C(=C/c3cc(Cl)c(OCc4ccc(Cl)cc4Cl)c(Br)c3)C2=O)cc1Cl. The number of barbiturate groups is 1. The molecule has 1 fully saturated rings. The first-order valence-corrected chi connectivity index (χ1v) is 12.6. The van der Waals surface area contributed by atoms with E-state index in [1.54, 1.807) is 43.3 Å². The Hall–Kier alpha value is -2.55. The van der Waals surface area contributed by atoms with Crippen LogP contribution in [0.4, 0.5) is 10.5 Å². The topological polar surface area (TPSA) is 75.7 Å². The van der Waals surface area contributed by atoms with Gasteiger partial charge in [0.1, 0.15) is 12.2 Å². The molecule has 184 valence electrons. The molecule has 0 unspecified atom stereocenters. The second-order valence-electron chi connectivity index (χ2n) is 7.73. The third-order valence-corrected chi connectivity index (χ3v) is 7.10. The molecule has 1 saturated heterocycles. The lowest BCUT2D eigenvalue weighted by atomic mass is 10.1. The summed E-state index contributed by atoms with van der Waals surface area (Å²) in [6.07, 6.45) is 1.34. The van der Waals surface area contributed by atoms with Gasteiger partial charge in [0.2, 0.25) is 0 Å². The molecule has 3 aromatic carbocycles. The first-order chi connectivity index (χ1) is 17.0. The Bertz CT molecular complexity index is 1430. The van der Waals surface area contributed by atoms with Gasteiger partial charge in [0.25, 0.3) is 11.8 Å². The number of benzene rings is 3. The fourth-order valence-electron chi connectivity index (χ4n) is 3.37. The summed E-state index contributed by atoms with van der Waals surface area (Å²) in [5.74, 6) is -1.28. The summed E-state index contributed by atoms with van der Waals surface area (Å²) in [6.45, 7) is 1.92. The number of imide groups is 2. The molecule has 0 bridgehead atoms. The molecule has 1 heterocycles. The Morgan fingerprint density at radius 1 is 0.944 bits per heavy atom. The number of rotatable bonds is 5. The average molecular weight is 629 g/mol. The highest BCUT2D eigenvalue weighted by atomic mass is 79.9. The smallest absolute Gasteiger partial charge is 0.335 e.